The lowest BCUT2D eigenvalue weighted by Gasteiger charge is -2.11. The Morgan fingerprint density at radius 2 is 2.11 bits per heavy atom. The van der Waals surface area contributed by atoms with Crippen LogP contribution in [0.1, 0.15) is 30.6 Å². The molecule has 1 rings (SSSR count). The van der Waals surface area contributed by atoms with Gasteiger partial charge in [0.25, 0.3) is 0 Å². The minimum atomic E-state index is -1.40. The molecule has 5 nitrogen and oxygen atoms in total. The lowest BCUT2D eigenvalue weighted by atomic mass is 10.2. The lowest BCUT2D eigenvalue weighted by Crippen LogP contribution is -2.31. The molecule has 1 amide bonds. The van der Waals surface area contributed by atoms with E-state index in [2.05, 4.69) is 5.32 Å². The van der Waals surface area contributed by atoms with Gasteiger partial charge < -0.3 is 15.2 Å². The first-order valence-electron chi connectivity index (χ1n) is 5.85. The van der Waals surface area contributed by atoms with Crippen LogP contribution in [0.5, 0.6) is 5.75 Å². The minimum absolute atomic E-state index is 0.0116. The van der Waals surface area contributed by atoms with Crippen molar-refractivity contribution >= 4 is 11.9 Å². The van der Waals surface area contributed by atoms with Gasteiger partial charge in [0, 0.05) is 6.04 Å². The van der Waals surface area contributed by atoms with Crippen LogP contribution in [0.25, 0.3) is 0 Å². The number of carbonyl (C=O) groups is 2. The second-order valence-corrected chi connectivity index (χ2v) is 4.24. The minimum Gasteiger partial charge on any atom is -0.492 e. The molecule has 2 N–H and O–H groups in total. The van der Waals surface area contributed by atoms with E-state index < -0.39 is 17.3 Å². The van der Waals surface area contributed by atoms with Gasteiger partial charge >= 0.3 is 5.97 Å². The summed E-state index contributed by atoms with van der Waals surface area (Å²) in [5.74, 6) is -2.55. The fourth-order valence-electron chi connectivity index (χ4n) is 1.48. The Bertz CT molecular complexity index is 474. The van der Waals surface area contributed by atoms with Crippen molar-refractivity contribution in [1.29, 1.82) is 0 Å². The second kappa shape index (κ2) is 6.72. The number of hydrogen-bond donors (Lipinski definition) is 2. The van der Waals surface area contributed by atoms with Crippen LogP contribution in [0.15, 0.2) is 18.2 Å². The molecular formula is C13H16FNO4. The SMILES string of the molecule is CC(C)NC(=O)CCOc1cccc(F)c1C(=O)O. The van der Waals surface area contributed by atoms with Gasteiger partial charge in [-0.3, -0.25) is 4.79 Å². The summed E-state index contributed by atoms with van der Waals surface area (Å²) in [6, 6.07) is 3.77. The van der Waals surface area contributed by atoms with Crippen molar-refractivity contribution in [3.8, 4) is 5.75 Å². The molecule has 6 heteroatoms. The highest BCUT2D eigenvalue weighted by Crippen LogP contribution is 2.21. The van der Waals surface area contributed by atoms with Gasteiger partial charge in [0.1, 0.15) is 17.1 Å². The van der Waals surface area contributed by atoms with Gasteiger partial charge in [-0.15, -0.1) is 0 Å². The number of benzene rings is 1. The molecule has 19 heavy (non-hydrogen) atoms. The number of carbonyl (C=O) groups excluding carboxylic acids is 1. The number of rotatable bonds is 6. The fourth-order valence-corrected chi connectivity index (χ4v) is 1.48. The van der Waals surface area contributed by atoms with Crippen LogP contribution in [-0.4, -0.2) is 29.6 Å². The Morgan fingerprint density at radius 3 is 2.68 bits per heavy atom. The monoisotopic (exact) mass is 269 g/mol. The zero-order valence-corrected chi connectivity index (χ0v) is 10.8. The molecule has 0 heterocycles. The largest absolute Gasteiger partial charge is 0.492 e. The molecule has 1 aromatic rings. The average molecular weight is 269 g/mol. The van der Waals surface area contributed by atoms with Crippen molar-refractivity contribution in [2.75, 3.05) is 6.61 Å². The maximum Gasteiger partial charge on any atom is 0.342 e. The van der Waals surface area contributed by atoms with Crippen LogP contribution in [0, 0.1) is 5.82 Å². The van der Waals surface area contributed by atoms with E-state index in [1.807, 2.05) is 13.8 Å². The summed E-state index contributed by atoms with van der Waals surface area (Å²) in [7, 11) is 0. The van der Waals surface area contributed by atoms with E-state index in [0.29, 0.717) is 0 Å². The van der Waals surface area contributed by atoms with E-state index >= 15 is 0 Å². The zero-order chi connectivity index (χ0) is 14.4. The van der Waals surface area contributed by atoms with Crippen LogP contribution < -0.4 is 10.1 Å². The molecule has 0 aliphatic carbocycles. The predicted molar refractivity (Wildman–Crippen MR) is 66.8 cm³/mol. The van der Waals surface area contributed by atoms with E-state index in [-0.39, 0.29) is 30.7 Å². The lowest BCUT2D eigenvalue weighted by molar-refractivity contribution is -0.122. The summed E-state index contributed by atoms with van der Waals surface area (Å²) < 4.78 is 18.5. The quantitative estimate of drug-likeness (QED) is 0.826. The van der Waals surface area contributed by atoms with Crippen LogP contribution in [-0.2, 0) is 4.79 Å². The third-order valence-electron chi connectivity index (χ3n) is 2.23. The maximum absolute atomic E-state index is 13.3. The third kappa shape index (κ3) is 4.57. The molecule has 0 aliphatic rings. The van der Waals surface area contributed by atoms with Gasteiger partial charge in [-0.05, 0) is 26.0 Å². The molecule has 0 fully saturated rings. The van der Waals surface area contributed by atoms with E-state index in [9.17, 15) is 14.0 Å². The molecule has 0 aromatic heterocycles. The number of nitrogens with one attached hydrogen (secondary N) is 1. The predicted octanol–water partition coefficient (Wildman–Crippen LogP) is 1.82. The molecule has 0 atom stereocenters. The Balaban J connectivity index is 2.61. The van der Waals surface area contributed by atoms with Crippen LogP contribution in [0.3, 0.4) is 0 Å². The van der Waals surface area contributed by atoms with Gasteiger partial charge in [-0.2, -0.15) is 0 Å². The molecule has 0 saturated heterocycles. The van der Waals surface area contributed by atoms with Gasteiger partial charge in [0.15, 0.2) is 0 Å². The molecule has 104 valence electrons. The Labute approximate surface area is 110 Å². The normalized spacial score (nSPS) is 10.3. The first kappa shape index (κ1) is 14.9. The summed E-state index contributed by atoms with van der Waals surface area (Å²) >= 11 is 0. The molecule has 0 bridgehead atoms. The summed E-state index contributed by atoms with van der Waals surface area (Å²) in [6.45, 7) is 3.64. The van der Waals surface area contributed by atoms with E-state index in [1.54, 1.807) is 0 Å². The van der Waals surface area contributed by atoms with E-state index in [0.717, 1.165) is 6.07 Å². The zero-order valence-electron chi connectivity index (χ0n) is 10.8. The van der Waals surface area contributed by atoms with Crippen molar-refractivity contribution in [2.24, 2.45) is 0 Å². The Morgan fingerprint density at radius 1 is 1.42 bits per heavy atom. The molecular weight excluding hydrogens is 253 g/mol. The first-order valence-corrected chi connectivity index (χ1v) is 5.85. The van der Waals surface area contributed by atoms with Gasteiger partial charge in [0.2, 0.25) is 5.91 Å². The van der Waals surface area contributed by atoms with E-state index in [1.165, 1.54) is 12.1 Å². The number of carboxylic acid groups (broad SMARTS) is 1. The highest BCUT2D eigenvalue weighted by molar-refractivity contribution is 5.91. The molecule has 0 spiro atoms. The van der Waals surface area contributed by atoms with Crippen molar-refractivity contribution in [3.05, 3.63) is 29.6 Å². The van der Waals surface area contributed by atoms with Gasteiger partial charge in [-0.1, -0.05) is 6.07 Å². The average Bonchev–Trinajstić information content (AvgIpc) is 2.27. The fraction of sp³-hybridized carbons (Fsp3) is 0.385. The Hall–Kier alpha value is -2.11. The van der Waals surface area contributed by atoms with Crippen molar-refractivity contribution in [1.82, 2.24) is 5.32 Å². The van der Waals surface area contributed by atoms with Gasteiger partial charge in [-0.25, -0.2) is 9.18 Å². The highest BCUT2D eigenvalue weighted by atomic mass is 19.1. The number of ether oxygens (including phenoxy) is 1. The molecule has 0 saturated carbocycles. The number of aromatic carboxylic acids is 1. The standard InChI is InChI=1S/C13H16FNO4/c1-8(2)15-11(16)6-7-19-10-5-3-4-9(14)12(10)13(17)18/h3-5,8H,6-7H2,1-2H3,(H,15,16)(H,17,18). The highest BCUT2D eigenvalue weighted by Gasteiger charge is 2.17. The smallest absolute Gasteiger partial charge is 0.342 e. The number of halogens is 1. The summed E-state index contributed by atoms with van der Waals surface area (Å²) in [5, 5.41) is 11.5. The van der Waals surface area contributed by atoms with Crippen molar-refractivity contribution in [3.63, 3.8) is 0 Å². The van der Waals surface area contributed by atoms with Crippen LogP contribution in [0.4, 0.5) is 4.39 Å². The summed E-state index contributed by atoms with van der Waals surface area (Å²) in [6.07, 6.45) is 0.0771. The Kier molecular flexibility index (Phi) is 5.29. The number of carboxylic acids is 1. The van der Waals surface area contributed by atoms with E-state index in [4.69, 9.17) is 9.84 Å². The molecule has 0 radical (unpaired) electrons. The molecule has 0 aliphatic heterocycles. The number of amides is 1. The van der Waals surface area contributed by atoms with Crippen molar-refractivity contribution < 1.29 is 23.8 Å². The summed E-state index contributed by atoms with van der Waals surface area (Å²) in [4.78, 5) is 22.2. The molecule has 1 aromatic carbocycles. The topological polar surface area (TPSA) is 75.6 Å². The first-order chi connectivity index (χ1) is 8.91. The number of hydrogen-bond acceptors (Lipinski definition) is 3. The molecule has 0 unspecified atom stereocenters. The van der Waals surface area contributed by atoms with Crippen LogP contribution in [0.2, 0.25) is 0 Å². The maximum atomic E-state index is 13.3. The van der Waals surface area contributed by atoms with Gasteiger partial charge in [0.05, 0.1) is 13.0 Å². The van der Waals surface area contributed by atoms with Crippen molar-refractivity contribution in [2.45, 2.75) is 26.3 Å². The third-order valence-corrected chi connectivity index (χ3v) is 2.23. The van der Waals surface area contributed by atoms with Crippen LogP contribution >= 0.6 is 0 Å². The second-order valence-electron chi connectivity index (χ2n) is 4.24. The summed E-state index contributed by atoms with van der Waals surface area (Å²) in [5.41, 5.74) is -0.522.